The van der Waals surface area contributed by atoms with E-state index in [9.17, 15) is 22.4 Å². The monoisotopic (exact) mass is 628 g/mol. The highest BCUT2D eigenvalue weighted by atomic mass is 32.2. The smallest absolute Gasteiger partial charge is 0.243 e. The van der Waals surface area contributed by atoms with E-state index in [1.54, 1.807) is 59.8 Å². The number of hydrogen-bond donors (Lipinski definition) is 1. The molecule has 3 aromatic carbocycles. The van der Waals surface area contributed by atoms with Crippen LogP contribution in [0.5, 0.6) is 0 Å². The molecular weight excluding hydrogens is 591 g/mol. The number of pyridine rings is 1. The molecule has 0 unspecified atom stereocenters. The number of rotatable bonds is 13. The van der Waals surface area contributed by atoms with Gasteiger partial charge < -0.3 is 10.2 Å². The Morgan fingerprint density at radius 1 is 0.844 bits per heavy atom. The molecule has 1 aromatic heterocycles. The summed E-state index contributed by atoms with van der Waals surface area (Å²) in [5, 5.41) is 2.97. The van der Waals surface area contributed by atoms with Crippen LogP contribution in [0.4, 0.5) is 4.39 Å². The molecule has 0 radical (unpaired) electrons. The lowest BCUT2D eigenvalue weighted by Gasteiger charge is -2.31. The van der Waals surface area contributed by atoms with Crippen LogP contribution in [0.3, 0.4) is 0 Å². The Labute approximate surface area is 264 Å². The van der Waals surface area contributed by atoms with Crippen molar-refractivity contribution in [2.24, 2.45) is 0 Å². The molecule has 1 aliphatic rings. The zero-order valence-electron chi connectivity index (χ0n) is 25.0. The van der Waals surface area contributed by atoms with Gasteiger partial charge in [0.1, 0.15) is 11.9 Å². The van der Waals surface area contributed by atoms with Crippen molar-refractivity contribution in [2.45, 2.75) is 56.1 Å². The Morgan fingerprint density at radius 2 is 1.51 bits per heavy atom. The average molecular weight is 629 g/mol. The van der Waals surface area contributed by atoms with Gasteiger partial charge in [-0.1, -0.05) is 60.7 Å². The molecule has 0 spiro atoms. The summed E-state index contributed by atoms with van der Waals surface area (Å²) in [5.74, 6) is -0.943. The number of carbonyl (C=O) groups is 2. The summed E-state index contributed by atoms with van der Waals surface area (Å²) in [6.45, 7) is 1.43. The van der Waals surface area contributed by atoms with E-state index in [4.69, 9.17) is 0 Å². The van der Waals surface area contributed by atoms with Crippen molar-refractivity contribution in [3.63, 3.8) is 0 Å². The lowest BCUT2D eigenvalue weighted by molar-refractivity contribution is -0.141. The topological polar surface area (TPSA) is 99.7 Å². The summed E-state index contributed by atoms with van der Waals surface area (Å²) in [6, 6.07) is 24.9. The first-order chi connectivity index (χ1) is 21.8. The van der Waals surface area contributed by atoms with Crippen LogP contribution in [0, 0.1) is 5.82 Å². The van der Waals surface area contributed by atoms with Crippen LogP contribution in [0.2, 0.25) is 0 Å². The summed E-state index contributed by atoms with van der Waals surface area (Å²) in [6.07, 6.45) is 5.80. The molecule has 1 fully saturated rings. The molecule has 1 atom stereocenters. The highest BCUT2D eigenvalue weighted by molar-refractivity contribution is 7.89. The molecule has 2 amide bonds. The Kier molecular flexibility index (Phi) is 10.7. The Hall–Kier alpha value is -4.41. The van der Waals surface area contributed by atoms with Crippen LogP contribution in [-0.4, -0.2) is 53.6 Å². The van der Waals surface area contributed by atoms with Crippen molar-refractivity contribution >= 4 is 21.8 Å². The largest absolute Gasteiger partial charge is 0.350 e. The van der Waals surface area contributed by atoms with Crippen LogP contribution in [0.15, 0.2) is 108 Å². The van der Waals surface area contributed by atoms with Crippen LogP contribution in [0.1, 0.15) is 41.5 Å². The number of nitrogens with zero attached hydrogens (tertiary/aromatic N) is 3. The molecule has 1 saturated heterocycles. The molecule has 0 bridgehead atoms. The fourth-order valence-corrected chi connectivity index (χ4v) is 6.97. The Morgan fingerprint density at radius 3 is 2.18 bits per heavy atom. The minimum atomic E-state index is -3.53. The second kappa shape index (κ2) is 15.0. The van der Waals surface area contributed by atoms with E-state index in [-0.39, 0.29) is 48.5 Å². The zero-order valence-corrected chi connectivity index (χ0v) is 25.8. The maximum absolute atomic E-state index is 14.0. The predicted molar refractivity (Wildman–Crippen MR) is 170 cm³/mol. The second-order valence-electron chi connectivity index (χ2n) is 11.2. The molecular formula is C35H37FN4O4S. The summed E-state index contributed by atoms with van der Waals surface area (Å²) in [5.41, 5.74) is 3.23. The number of carbonyl (C=O) groups excluding carboxylic acids is 2. The molecule has 2 heterocycles. The van der Waals surface area contributed by atoms with Gasteiger partial charge in [-0.15, -0.1) is 0 Å². The molecule has 5 rings (SSSR count). The van der Waals surface area contributed by atoms with Gasteiger partial charge in [0.2, 0.25) is 21.8 Å². The van der Waals surface area contributed by atoms with E-state index >= 15 is 0 Å². The maximum atomic E-state index is 14.0. The van der Waals surface area contributed by atoms with Gasteiger partial charge in [0.15, 0.2) is 0 Å². The molecule has 4 aromatic rings. The molecule has 10 heteroatoms. The quantitative estimate of drug-likeness (QED) is 0.227. The molecule has 8 nitrogen and oxygen atoms in total. The maximum Gasteiger partial charge on any atom is 0.243 e. The molecule has 0 saturated carbocycles. The number of halogens is 1. The number of amides is 2. The number of sulfonamides is 1. The Bertz CT molecular complexity index is 1660. The molecule has 234 valence electrons. The van der Waals surface area contributed by atoms with Crippen molar-refractivity contribution < 1.29 is 22.4 Å². The zero-order chi connectivity index (χ0) is 31.6. The first-order valence-corrected chi connectivity index (χ1v) is 16.6. The minimum Gasteiger partial charge on any atom is -0.350 e. The number of hydrogen-bond acceptors (Lipinski definition) is 5. The van der Waals surface area contributed by atoms with Gasteiger partial charge in [-0.2, -0.15) is 4.31 Å². The van der Waals surface area contributed by atoms with Crippen molar-refractivity contribution in [3.8, 4) is 0 Å². The van der Waals surface area contributed by atoms with Gasteiger partial charge in [-0.3, -0.25) is 14.6 Å². The van der Waals surface area contributed by atoms with Gasteiger partial charge in [-0.05, 0) is 71.8 Å². The highest BCUT2D eigenvalue weighted by Crippen LogP contribution is 2.22. The van der Waals surface area contributed by atoms with E-state index in [1.807, 2.05) is 36.4 Å². The number of aryl methyl sites for hydroxylation is 1. The SMILES string of the molecule is O=C(NCc1cccnc1)[C@H](Cc1ccccc1)N(Cc1ccc(F)cc1)C(=O)CCc1ccc(S(=O)(=O)N2CCCC2)cc1. The third-order valence-electron chi connectivity index (χ3n) is 7.98. The van der Waals surface area contributed by atoms with E-state index in [0.29, 0.717) is 25.1 Å². The van der Waals surface area contributed by atoms with Crippen molar-refractivity contribution in [1.82, 2.24) is 19.5 Å². The Balaban J connectivity index is 1.36. The minimum absolute atomic E-state index is 0.0978. The first kappa shape index (κ1) is 32.0. The normalized spacial score (nSPS) is 14.2. The summed E-state index contributed by atoms with van der Waals surface area (Å²) in [7, 11) is -3.53. The predicted octanol–water partition coefficient (Wildman–Crippen LogP) is 4.89. The number of aromatic nitrogens is 1. The van der Waals surface area contributed by atoms with E-state index < -0.39 is 16.1 Å². The summed E-state index contributed by atoms with van der Waals surface area (Å²) < 4.78 is 41.1. The molecule has 1 N–H and O–H groups in total. The van der Waals surface area contributed by atoms with Gasteiger partial charge in [-0.25, -0.2) is 12.8 Å². The average Bonchev–Trinajstić information content (AvgIpc) is 3.63. The highest BCUT2D eigenvalue weighted by Gasteiger charge is 2.31. The van der Waals surface area contributed by atoms with Gasteiger partial charge in [0, 0.05) is 51.4 Å². The molecule has 45 heavy (non-hydrogen) atoms. The van der Waals surface area contributed by atoms with Gasteiger partial charge in [0.25, 0.3) is 0 Å². The third-order valence-corrected chi connectivity index (χ3v) is 9.89. The molecule has 1 aliphatic heterocycles. The number of benzene rings is 3. The lowest BCUT2D eigenvalue weighted by atomic mass is 10.0. The standard InChI is InChI=1S/C35H37FN4O4S/c36-31-15-10-29(11-16-31)26-40(33(23-28-7-2-1-3-8-28)35(42)38-25-30-9-6-20-37-24-30)34(41)19-14-27-12-17-32(18-13-27)45(43,44)39-21-4-5-22-39/h1-3,6-13,15-18,20,24,33H,4-5,14,19,21-23,25-26H2,(H,38,42)/t33-/m0/s1. The fraction of sp³-hybridized carbons (Fsp3) is 0.286. The second-order valence-corrected chi connectivity index (χ2v) is 13.1. The fourth-order valence-electron chi connectivity index (χ4n) is 5.45. The summed E-state index contributed by atoms with van der Waals surface area (Å²) >= 11 is 0. The van der Waals surface area contributed by atoms with Crippen LogP contribution in [-0.2, 0) is 45.5 Å². The van der Waals surface area contributed by atoms with Crippen molar-refractivity contribution in [1.29, 1.82) is 0 Å². The van der Waals surface area contributed by atoms with Gasteiger partial charge >= 0.3 is 0 Å². The third kappa shape index (κ3) is 8.61. The first-order valence-electron chi connectivity index (χ1n) is 15.1. The lowest BCUT2D eigenvalue weighted by Crippen LogP contribution is -2.50. The van der Waals surface area contributed by atoms with Crippen molar-refractivity contribution in [3.05, 3.63) is 131 Å². The van der Waals surface area contributed by atoms with E-state index in [2.05, 4.69) is 10.3 Å². The summed E-state index contributed by atoms with van der Waals surface area (Å²) in [4.78, 5) is 33.7. The van der Waals surface area contributed by atoms with Gasteiger partial charge in [0.05, 0.1) is 4.90 Å². The molecule has 0 aliphatic carbocycles. The number of nitrogens with one attached hydrogen (secondary N) is 1. The van der Waals surface area contributed by atoms with Crippen LogP contribution in [0.25, 0.3) is 0 Å². The van der Waals surface area contributed by atoms with E-state index in [0.717, 1.165) is 29.5 Å². The van der Waals surface area contributed by atoms with Crippen molar-refractivity contribution in [2.75, 3.05) is 13.1 Å². The van der Waals surface area contributed by atoms with Crippen LogP contribution < -0.4 is 5.32 Å². The van der Waals surface area contributed by atoms with Crippen LogP contribution >= 0.6 is 0 Å². The van der Waals surface area contributed by atoms with E-state index in [1.165, 1.54) is 16.4 Å².